The van der Waals surface area contributed by atoms with Gasteiger partial charge in [0.05, 0.1) is 21.6 Å². The fourth-order valence-electron chi connectivity index (χ4n) is 1.82. The van der Waals surface area contributed by atoms with Crippen molar-refractivity contribution in [3.63, 3.8) is 0 Å². The Labute approximate surface area is 141 Å². The first-order valence-electron chi connectivity index (χ1n) is 6.63. The van der Waals surface area contributed by atoms with Gasteiger partial charge in [0.2, 0.25) is 5.91 Å². The van der Waals surface area contributed by atoms with E-state index in [4.69, 9.17) is 22.1 Å². The zero-order valence-electron chi connectivity index (χ0n) is 12.2. The van der Waals surface area contributed by atoms with E-state index in [0.717, 1.165) is 0 Å². The first-order chi connectivity index (χ1) is 11.4. The molecule has 0 unspecified atom stereocenters. The molecule has 2 amide bonds. The van der Waals surface area contributed by atoms with E-state index in [1.54, 1.807) is 0 Å². The summed E-state index contributed by atoms with van der Waals surface area (Å²) in [7, 11) is 0. The Kier molecular flexibility index (Phi) is 5.33. The molecule has 0 saturated heterocycles. The summed E-state index contributed by atoms with van der Waals surface area (Å²) in [6.07, 6.45) is 0. The number of nitro benzene ring substituents is 1. The molecule has 0 spiro atoms. The molecule has 2 rings (SSSR count). The number of hydrogen-bond acceptors (Lipinski definition) is 5. The number of nitrogens with two attached hydrogens (primary N) is 1. The average molecular weight is 350 g/mol. The maximum absolute atomic E-state index is 11.9. The predicted molar refractivity (Wildman–Crippen MR) is 87.2 cm³/mol. The second-order valence-electron chi connectivity index (χ2n) is 4.65. The number of carbonyl (C=O) groups excluding carboxylic acids is 2. The van der Waals surface area contributed by atoms with Crippen molar-refractivity contribution in [1.29, 1.82) is 0 Å². The second-order valence-corrected chi connectivity index (χ2v) is 5.06. The summed E-state index contributed by atoms with van der Waals surface area (Å²) < 4.78 is 5.20. The number of benzene rings is 2. The molecule has 0 atom stereocenters. The number of halogens is 1. The van der Waals surface area contributed by atoms with Crippen molar-refractivity contribution in [2.45, 2.75) is 0 Å². The highest BCUT2D eigenvalue weighted by Gasteiger charge is 2.11. The quantitative estimate of drug-likeness (QED) is 0.611. The highest BCUT2D eigenvalue weighted by molar-refractivity contribution is 6.34. The van der Waals surface area contributed by atoms with Crippen LogP contribution in [0.25, 0.3) is 0 Å². The van der Waals surface area contributed by atoms with Crippen molar-refractivity contribution in [1.82, 2.24) is 0 Å². The zero-order chi connectivity index (χ0) is 17.7. The monoisotopic (exact) mass is 349 g/mol. The molecule has 0 aliphatic carbocycles. The molecule has 124 valence electrons. The van der Waals surface area contributed by atoms with Gasteiger partial charge in [0.1, 0.15) is 5.75 Å². The zero-order valence-corrected chi connectivity index (χ0v) is 12.9. The summed E-state index contributed by atoms with van der Waals surface area (Å²) in [4.78, 5) is 33.2. The van der Waals surface area contributed by atoms with Gasteiger partial charge < -0.3 is 15.8 Å². The Bertz CT molecular complexity index is 809. The van der Waals surface area contributed by atoms with Gasteiger partial charge in [-0.05, 0) is 24.3 Å². The lowest BCUT2D eigenvalue weighted by molar-refractivity contribution is -0.384. The van der Waals surface area contributed by atoms with E-state index < -0.39 is 16.7 Å². The number of nitrogens with zero attached hydrogens (tertiary/aromatic N) is 1. The number of anilines is 1. The smallest absolute Gasteiger partial charge is 0.273 e. The third-order valence-electron chi connectivity index (χ3n) is 2.91. The van der Waals surface area contributed by atoms with Gasteiger partial charge in [0.15, 0.2) is 6.61 Å². The number of rotatable bonds is 6. The Balaban J connectivity index is 1.99. The summed E-state index contributed by atoms with van der Waals surface area (Å²) in [6, 6.07) is 9.73. The normalized spacial score (nSPS) is 10.0. The summed E-state index contributed by atoms with van der Waals surface area (Å²) in [5.74, 6) is -1.04. The lowest BCUT2D eigenvalue weighted by Crippen LogP contribution is -2.20. The molecular weight excluding hydrogens is 338 g/mol. The molecule has 0 aliphatic heterocycles. The molecule has 0 saturated carbocycles. The number of ether oxygens (including phenoxy) is 1. The van der Waals surface area contributed by atoms with Crippen LogP contribution in [0.1, 0.15) is 10.4 Å². The molecule has 2 aromatic rings. The minimum absolute atomic E-state index is 0.0778. The van der Waals surface area contributed by atoms with Gasteiger partial charge in [-0.1, -0.05) is 17.7 Å². The van der Waals surface area contributed by atoms with Gasteiger partial charge >= 0.3 is 0 Å². The molecule has 24 heavy (non-hydrogen) atoms. The summed E-state index contributed by atoms with van der Waals surface area (Å²) in [5, 5.41) is 13.4. The summed E-state index contributed by atoms with van der Waals surface area (Å²) >= 11 is 5.82. The highest BCUT2D eigenvalue weighted by atomic mass is 35.5. The Morgan fingerprint density at radius 2 is 2.00 bits per heavy atom. The number of nitro groups is 1. The average Bonchev–Trinajstić information content (AvgIpc) is 2.54. The molecule has 3 N–H and O–H groups in total. The molecular formula is C15H12ClN3O5. The van der Waals surface area contributed by atoms with Gasteiger partial charge in [-0.2, -0.15) is 0 Å². The van der Waals surface area contributed by atoms with Crippen LogP contribution in [-0.4, -0.2) is 23.3 Å². The standard InChI is InChI=1S/C15H12ClN3O5/c16-13-5-4-9(6-12(13)15(17)21)18-14(20)8-24-11-3-1-2-10(7-11)19(22)23/h1-7H,8H2,(H2,17,21)(H,18,20). The van der Waals surface area contributed by atoms with Crippen LogP contribution in [0, 0.1) is 10.1 Å². The molecule has 0 fully saturated rings. The highest BCUT2D eigenvalue weighted by Crippen LogP contribution is 2.21. The number of nitrogens with one attached hydrogen (secondary N) is 1. The molecule has 0 aromatic heterocycles. The van der Waals surface area contributed by atoms with E-state index in [1.165, 1.54) is 42.5 Å². The van der Waals surface area contributed by atoms with E-state index in [2.05, 4.69) is 5.32 Å². The van der Waals surface area contributed by atoms with Gasteiger partial charge in [-0.25, -0.2) is 0 Å². The second kappa shape index (κ2) is 7.42. The van der Waals surface area contributed by atoms with Crippen LogP contribution >= 0.6 is 11.6 Å². The fourth-order valence-corrected chi connectivity index (χ4v) is 2.04. The first-order valence-corrected chi connectivity index (χ1v) is 7.01. The number of hydrogen-bond donors (Lipinski definition) is 2. The van der Waals surface area contributed by atoms with Crippen LogP contribution in [0.5, 0.6) is 5.75 Å². The Morgan fingerprint density at radius 1 is 1.25 bits per heavy atom. The largest absolute Gasteiger partial charge is 0.484 e. The molecule has 9 heteroatoms. The van der Waals surface area contributed by atoms with Gasteiger partial charge in [-0.15, -0.1) is 0 Å². The maximum atomic E-state index is 11.9. The van der Waals surface area contributed by atoms with Crippen LogP contribution in [0.3, 0.4) is 0 Å². The van der Waals surface area contributed by atoms with Crippen molar-refractivity contribution in [2.24, 2.45) is 5.73 Å². The van der Waals surface area contributed by atoms with Crippen molar-refractivity contribution < 1.29 is 19.2 Å². The topological polar surface area (TPSA) is 125 Å². The van der Waals surface area contributed by atoms with Crippen LogP contribution in [-0.2, 0) is 4.79 Å². The number of primary amides is 1. The molecule has 0 bridgehead atoms. The SMILES string of the molecule is NC(=O)c1cc(NC(=O)COc2cccc([N+](=O)[O-])c2)ccc1Cl. The molecule has 2 aromatic carbocycles. The number of carbonyl (C=O) groups is 2. The van der Waals surface area contributed by atoms with Crippen LogP contribution < -0.4 is 15.8 Å². The number of amides is 2. The van der Waals surface area contributed by atoms with E-state index >= 15 is 0 Å². The van der Waals surface area contributed by atoms with Crippen molar-refractivity contribution in [2.75, 3.05) is 11.9 Å². The third kappa shape index (κ3) is 4.43. The van der Waals surface area contributed by atoms with E-state index in [9.17, 15) is 19.7 Å². The van der Waals surface area contributed by atoms with Gasteiger partial charge in [0.25, 0.3) is 11.6 Å². The Hall–Kier alpha value is -3.13. The van der Waals surface area contributed by atoms with Crippen LogP contribution in [0.4, 0.5) is 11.4 Å². The van der Waals surface area contributed by atoms with Crippen LogP contribution in [0.15, 0.2) is 42.5 Å². The minimum Gasteiger partial charge on any atom is -0.484 e. The molecule has 0 aliphatic rings. The van der Waals surface area contributed by atoms with E-state index in [1.807, 2.05) is 0 Å². The fraction of sp³-hybridized carbons (Fsp3) is 0.0667. The Morgan fingerprint density at radius 3 is 2.67 bits per heavy atom. The van der Waals surface area contributed by atoms with Crippen molar-refractivity contribution in [3.8, 4) is 5.75 Å². The van der Waals surface area contributed by atoms with Crippen molar-refractivity contribution >= 4 is 34.8 Å². The van der Waals surface area contributed by atoms with Crippen molar-refractivity contribution in [3.05, 3.63) is 63.2 Å². The molecule has 0 heterocycles. The summed E-state index contributed by atoms with van der Waals surface area (Å²) in [6.45, 7) is -0.365. The lowest BCUT2D eigenvalue weighted by atomic mass is 10.2. The predicted octanol–water partition coefficient (Wildman–Crippen LogP) is 2.36. The molecule has 8 nitrogen and oxygen atoms in total. The van der Waals surface area contributed by atoms with Crippen LogP contribution in [0.2, 0.25) is 5.02 Å². The van der Waals surface area contributed by atoms with Gasteiger partial charge in [0, 0.05) is 11.8 Å². The lowest BCUT2D eigenvalue weighted by Gasteiger charge is -2.09. The van der Waals surface area contributed by atoms with E-state index in [-0.39, 0.29) is 28.6 Å². The maximum Gasteiger partial charge on any atom is 0.273 e. The minimum atomic E-state index is -0.719. The third-order valence-corrected chi connectivity index (χ3v) is 3.24. The summed E-state index contributed by atoms with van der Waals surface area (Å²) in [5.41, 5.74) is 5.43. The first kappa shape index (κ1) is 17.2. The van der Waals surface area contributed by atoms with E-state index in [0.29, 0.717) is 5.69 Å². The van der Waals surface area contributed by atoms with Gasteiger partial charge in [-0.3, -0.25) is 19.7 Å². The number of non-ortho nitro benzene ring substituents is 1. The molecule has 0 radical (unpaired) electrons.